The lowest BCUT2D eigenvalue weighted by molar-refractivity contribution is 0.0472. The van der Waals surface area contributed by atoms with Crippen molar-refractivity contribution in [1.29, 1.82) is 5.26 Å². The molecule has 1 aromatic heterocycles. The molecule has 0 aliphatic carbocycles. The van der Waals surface area contributed by atoms with Crippen LogP contribution in [0.4, 0.5) is 0 Å². The Bertz CT molecular complexity index is 1450. The molecule has 3 aromatic carbocycles. The van der Waals surface area contributed by atoms with Gasteiger partial charge < -0.3 is 14.8 Å². The number of carboxylic acids is 1. The van der Waals surface area contributed by atoms with Crippen LogP contribution < -0.4 is 5.43 Å². The molecule has 0 unspecified atom stereocenters. The minimum absolute atomic E-state index is 0.0469. The van der Waals surface area contributed by atoms with Crippen molar-refractivity contribution in [2.24, 2.45) is 0 Å². The smallest absolute Gasteiger partial charge is 0.338 e. The second-order valence-corrected chi connectivity index (χ2v) is 7.47. The standard InChI is InChI=1S/C26H18N2O5/c27-13-17-1-3-18(4-2-17)15-33-26(32)20-9-10-23-22(12-20)24(29)21(14-28-23)11-16-5-7-19(8-6-16)25(30)31/h1-10,12,14H,11,15H2,(H,28,29)(H,30,31). The molecule has 0 amide bonds. The van der Waals surface area contributed by atoms with Crippen molar-refractivity contribution in [3.63, 3.8) is 0 Å². The number of aromatic carboxylic acids is 1. The van der Waals surface area contributed by atoms with Crippen molar-refractivity contribution in [2.75, 3.05) is 0 Å². The summed E-state index contributed by atoms with van der Waals surface area (Å²) in [5, 5.41) is 18.2. The van der Waals surface area contributed by atoms with E-state index in [1.807, 2.05) is 6.07 Å². The molecule has 0 aliphatic rings. The lowest BCUT2D eigenvalue weighted by atomic mass is 10.0. The van der Waals surface area contributed by atoms with Crippen LogP contribution in [0.3, 0.4) is 0 Å². The number of pyridine rings is 1. The zero-order chi connectivity index (χ0) is 23.4. The molecule has 4 rings (SSSR count). The average molecular weight is 438 g/mol. The van der Waals surface area contributed by atoms with E-state index in [4.69, 9.17) is 15.1 Å². The highest BCUT2D eigenvalue weighted by Crippen LogP contribution is 2.15. The van der Waals surface area contributed by atoms with Crippen LogP contribution in [-0.4, -0.2) is 22.0 Å². The third-order valence-corrected chi connectivity index (χ3v) is 5.24. The number of benzene rings is 3. The Kier molecular flexibility index (Phi) is 6.00. The number of carboxylic acid groups (broad SMARTS) is 1. The Morgan fingerprint density at radius 1 is 0.939 bits per heavy atom. The maximum atomic E-state index is 13.0. The van der Waals surface area contributed by atoms with Crippen LogP contribution in [0.25, 0.3) is 10.9 Å². The van der Waals surface area contributed by atoms with Gasteiger partial charge in [0.2, 0.25) is 0 Å². The summed E-state index contributed by atoms with van der Waals surface area (Å²) in [4.78, 5) is 39.6. The van der Waals surface area contributed by atoms with Crippen LogP contribution in [0, 0.1) is 11.3 Å². The highest BCUT2D eigenvalue weighted by molar-refractivity contribution is 5.94. The number of nitriles is 1. The summed E-state index contributed by atoms with van der Waals surface area (Å²) >= 11 is 0. The maximum absolute atomic E-state index is 13.0. The van der Waals surface area contributed by atoms with Crippen molar-refractivity contribution in [3.05, 3.63) is 117 Å². The summed E-state index contributed by atoms with van der Waals surface area (Å²) in [7, 11) is 0. The third-order valence-electron chi connectivity index (χ3n) is 5.24. The van der Waals surface area contributed by atoms with E-state index in [0.717, 1.165) is 11.1 Å². The van der Waals surface area contributed by atoms with Crippen LogP contribution in [0.1, 0.15) is 43.0 Å². The van der Waals surface area contributed by atoms with Gasteiger partial charge in [0.05, 0.1) is 22.8 Å². The van der Waals surface area contributed by atoms with Crippen LogP contribution in [0.15, 0.2) is 77.7 Å². The number of aromatic amines is 1. The highest BCUT2D eigenvalue weighted by atomic mass is 16.5. The van der Waals surface area contributed by atoms with Crippen molar-refractivity contribution < 1.29 is 19.4 Å². The number of carbonyl (C=O) groups is 2. The molecule has 0 spiro atoms. The molecule has 4 aromatic rings. The Hall–Kier alpha value is -4.70. The quantitative estimate of drug-likeness (QED) is 0.438. The fourth-order valence-corrected chi connectivity index (χ4v) is 3.41. The third kappa shape index (κ3) is 4.81. The number of fused-ring (bicyclic) bond motifs is 1. The second-order valence-electron chi connectivity index (χ2n) is 7.47. The van der Waals surface area contributed by atoms with Gasteiger partial charge in [-0.15, -0.1) is 0 Å². The first kappa shape index (κ1) is 21.5. The molecule has 1 heterocycles. The largest absolute Gasteiger partial charge is 0.478 e. The normalized spacial score (nSPS) is 10.5. The first-order chi connectivity index (χ1) is 15.9. The van der Waals surface area contributed by atoms with Crippen molar-refractivity contribution in [3.8, 4) is 6.07 Å². The van der Waals surface area contributed by atoms with E-state index in [-0.39, 0.29) is 23.2 Å². The molecule has 0 saturated carbocycles. The fourth-order valence-electron chi connectivity index (χ4n) is 3.41. The van der Waals surface area contributed by atoms with E-state index in [1.54, 1.807) is 54.7 Å². The molecular formula is C26H18N2O5. The van der Waals surface area contributed by atoms with E-state index >= 15 is 0 Å². The van der Waals surface area contributed by atoms with E-state index in [9.17, 15) is 14.4 Å². The minimum atomic E-state index is -1.01. The van der Waals surface area contributed by atoms with E-state index in [1.165, 1.54) is 18.2 Å². The van der Waals surface area contributed by atoms with Crippen LogP contribution in [0.2, 0.25) is 0 Å². The zero-order valence-electron chi connectivity index (χ0n) is 17.4. The Labute approximate surface area is 188 Å². The number of aromatic nitrogens is 1. The number of hydrogen-bond acceptors (Lipinski definition) is 5. The van der Waals surface area contributed by atoms with Gasteiger partial charge in [0.1, 0.15) is 6.61 Å². The van der Waals surface area contributed by atoms with Gasteiger partial charge in [-0.2, -0.15) is 5.26 Å². The average Bonchev–Trinajstić information content (AvgIpc) is 2.84. The molecule has 7 heteroatoms. The van der Waals surface area contributed by atoms with Gasteiger partial charge in [-0.1, -0.05) is 24.3 Å². The number of ether oxygens (including phenoxy) is 1. The molecule has 0 fully saturated rings. The first-order valence-corrected chi connectivity index (χ1v) is 10.1. The van der Waals surface area contributed by atoms with Crippen molar-refractivity contribution in [2.45, 2.75) is 13.0 Å². The van der Waals surface area contributed by atoms with Gasteiger partial charge in [0.15, 0.2) is 5.43 Å². The Morgan fingerprint density at radius 3 is 2.27 bits per heavy atom. The molecule has 2 N–H and O–H groups in total. The summed E-state index contributed by atoms with van der Waals surface area (Å²) in [5.41, 5.74) is 3.36. The molecule has 162 valence electrons. The SMILES string of the molecule is N#Cc1ccc(COC(=O)c2ccc3[nH]cc(Cc4ccc(C(=O)O)cc4)c(=O)c3c2)cc1. The first-order valence-electron chi connectivity index (χ1n) is 10.1. The predicted molar refractivity (Wildman–Crippen MR) is 121 cm³/mol. The van der Waals surface area contributed by atoms with Gasteiger partial charge >= 0.3 is 11.9 Å². The van der Waals surface area contributed by atoms with Gasteiger partial charge in [0.25, 0.3) is 0 Å². The molecule has 0 atom stereocenters. The van der Waals surface area contributed by atoms with Gasteiger partial charge in [-0.25, -0.2) is 9.59 Å². The number of carbonyl (C=O) groups excluding carboxylic acids is 1. The number of nitrogens with zero attached hydrogens (tertiary/aromatic N) is 1. The minimum Gasteiger partial charge on any atom is -0.478 e. The lowest BCUT2D eigenvalue weighted by Crippen LogP contribution is -2.12. The molecule has 0 aliphatic heterocycles. The summed E-state index contributed by atoms with van der Waals surface area (Å²) in [6.45, 7) is 0.0469. The molecule has 0 saturated heterocycles. The lowest BCUT2D eigenvalue weighted by Gasteiger charge is -2.08. The number of nitrogens with one attached hydrogen (secondary N) is 1. The van der Waals surface area contributed by atoms with Gasteiger partial charge in [-0.05, 0) is 53.6 Å². The van der Waals surface area contributed by atoms with E-state index in [2.05, 4.69) is 4.98 Å². The number of rotatable bonds is 6. The molecular weight excluding hydrogens is 420 g/mol. The maximum Gasteiger partial charge on any atom is 0.338 e. The van der Waals surface area contributed by atoms with Gasteiger partial charge in [0, 0.05) is 29.1 Å². The molecule has 0 bridgehead atoms. The topological polar surface area (TPSA) is 120 Å². The number of hydrogen-bond donors (Lipinski definition) is 2. The number of esters is 1. The fraction of sp³-hybridized carbons (Fsp3) is 0.0769. The van der Waals surface area contributed by atoms with E-state index < -0.39 is 11.9 Å². The summed E-state index contributed by atoms with van der Waals surface area (Å²) < 4.78 is 5.35. The van der Waals surface area contributed by atoms with Crippen LogP contribution in [0.5, 0.6) is 0 Å². The highest BCUT2D eigenvalue weighted by Gasteiger charge is 2.12. The monoisotopic (exact) mass is 438 g/mol. The van der Waals surface area contributed by atoms with Gasteiger partial charge in [-0.3, -0.25) is 4.79 Å². The van der Waals surface area contributed by atoms with Crippen LogP contribution in [-0.2, 0) is 17.8 Å². The second kappa shape index (κ2) is 9.20. The zero-order valence-corrected chi connectivity index (χ0v) is 17.4. The summed E-state index contributed by atoms with van der Waals surface area (Å²) in [5.74, 6) is -1.57. The van der Waals surface area contributed by atoms with E-state index in [0.29, 0.717) is 28.5 Å². The van der Waals surface area contributed by atoms with Crippen molar-refractivity contribution in [1.82, 2.24) is 4.98 Å². The van der Waals surface area contributed by atoms with Crippen molar-refractivity contribution >= 4 is 22.8 Å². The molecule has 0 radical (unpaired) electrons. The molecule has 7 nitrogen and oxygen atoms in total. The predicted octanol–water partition coefficient (Wildman–Crippen LogP) is 4.05. The summed E-state index contributed by atoms with van der Waals surface area (Å²) in [6.07, 6.45) is 1.94. The summed E-state index contributed by atoms with van der Waals surface area (Å²) in [6, 6.07) is 19.8. The van der Waals surface area contributed by atoms with Crippen LogP contribution >= 0.6 is 0 Å². The Morgan fingerprint density at radius 2 is 1.61 bits per heavy atom. The Balaban J connectivity index is 1.53. The number of H-pyrrole nitrogens is 1. The molecule has 33 heavy (non-hydrogen) atoms.